The first-order chi connectivity index (χ1) is 7.13. The molecule has 0 saturated heterocycles. The van der Waals surface area contributed by atoms with Gasteiger partial charge in [0.1, 0.15) is 0 Å². The lowest BCUT2D eigenvalue weighted by atomic mass is 9.86. The molecule has 1 heterocycles. The van der Waals surface area contributed by atoms with Crippen LogP contribution < -0.4 is 10.6 Å². The van der Waals surface area contributed by atoms with E-state index in [2.05, 4.69) is 24.1 Å². The van der Waals surface area contributed by atoms with E-state index in [1.54, 1.807) is 0 Å². The van der Waals surface area contributed by atoms with Crippen LogP contribution in [-0.2, 0) is 5.41 Å². The van der Waals surface area contributed by atoms with Crippen LogP contribution in [0.4, 0.5) is 5.69 Å². The number of nitrogens with zero attached hydrogens (tertiary/aromatic N) is 1. The first-order valence-corrected chi connectivity index (χ1v) is 5.78. The summed E-state index contributed by atoms with van der Waals surface area (Å²) in [5.41, 5.74) is 8.99. The van der Waals surface area contributed by atoms with Crippen molar-refractivity contribution < 1.29 is 0 Å². The summed E-state index contributed by atoms with van der Waals surface area (Å²) in [4.78, 5) is 2.29. The summed E-state index contributed by atoms with van der Waals surface area (Å²) in [7, 11) is 2.13. The van der Waals surface area contributed by atoms with Gasteiger partial charge in [0.05, 0.1) is 0 Å². The van der Waals surface area contributed by atoms with Gasteiger partial charge in [0, 0.05) is 35.8 Å². The van der Waals surface area contributed by atoms with Crippen LogP contribution in [0.5, 0.6) is 0 Å². The van der Waals surface area contributed by atoms with Crippen molar-refractivity contribution in [3.05, 3.63) is 28.8 Å². The third kappa shape index (κ3) is 1.21. The van der Waals surface area contributed by atoms with E-state index in [1.807, 2.05) is 6.07 Å². The number of benzene rings is 1. The van der Waals surface area contributed by atoms with Crippen molar-refractivity contribution in [3.63, 3.8) is 0 Å². The Balaban J connectivity index is 2.16. The van der Waals surface area contributed by atoms with E-state index in [1.165, 1.54) is 11.3 Å². The van der Waals surface area contributed by atoms with Gasteiger partial charge >= 0.3 is 0 Å². The fraction of sp³-hybridized carbons (Fsp3) is 0.500. The fourth-order valence-electron chi connectivity index (χ4n) is 2.79. The maximum atomic E-state index is 6.08. The lowest BCUT2D eigenvalue weighted by Crippen LogP contribution is -2.33. The van der Waals surface area contributed by atoms with Crippen molar-refractivity contribution in [3.8, 4) is 0 Å². The number of halogens is 1. The summed E-state index contributed by atoms with van der Waals surface area (Å²) < 4.78 is 0. The second-order valence-electron chi connectivity index (χ2n) is 4.80. The highest BCUT2D eigenvalue weighted by atomic mass is 35.5. The molecule has 1 saturated carbocycles. The molecule has 3 rings (SSSR count). The molecule has 15 heavy (non-hydrogen) atoms. The molecule has 0 radical (unpaired) electrons. The quantitative estimate of drug-likeness (QED) is 0.729. The second kappa shape index (κ2) is 2.89. The van der Waals surface area contributed by atoms with E-state index in [0.29, 0.717) is 6.04 Å². The van der Waals surface area contributed by atoms with Crippen LogP contribution in [0, 0.1) is 0 Å². The van der Waals surface area contributed by atoms with E-state index in [9.17, 15) is 0 Å². The number of rotatable bonds is 0. The van der Waals surface area contributed by atoms with Gasteiger partial charge < -0.3 is 10.6 Å². The summed E-state index contributed by atoms with van der Waals surface area (Å²) in [5.74, 6) is 0. The first kappa shape index (κ1) is 9.49. The van der Waals surface area contributed by atoms with E-state index in [-0.39, 0.29) is 5.41 Å². The molecule has 1 aromatic rings. The van der Waals surface area contributed by atoms with Crippen LogP contribution in [0.25, 0.3) is 0 Å². The monoisotopic (exact) mass is 222 g/mol. The van der Waals surface area contributed by atoms with Gasteiger partial charge in [-0.25, -0.2) is 0 Å². The van der Waals surface area contributed by atoms with Crippen molar-refractivity contribution in [2.45, 2.75) is 24.3 Å². The van der Waals surface area contributed by atoms with Gasteiger partial charge in [-0.3, -0.25) is 0 Å². The molecule has 0 bridgehead atoms. The lowest BCUT2D eigenvalue weighted by Gasteiger charge is -2.34. The van der Waals surface area contributed by atoms with Gasteiger partial charge in [-0.05, 0) is 36.6 Å². The van der Waals surface area contributed by atoms with Gasteiger partial charge in [-0.2, -0.15) is 0 Å². The summed E-state index contributed by atoms with van der Waals surface area (Å²) in [5, 5.41) is 0.822. The zero-order valence-corrected chi connectivity index (χ0v) is 9.59. The number of fused-ring (bicyclic) bond motifs is 2. The van der Waals surface area contributed by atoms with Crippen molar-refractivity contribution in [2.24, 2.45) is 5.73 Å². The molecule has 1 aliphatic heterocycles. The molecular weight excluding hydrogens is 208 g/mol. The van der Waals surface area contributed by atoms with E-state index in [0.717, 1.165) is 24.4 Å². The number of anilines is 1. The summed E-state index contributed by atoms with van der Waals surface area (Å²) in [6.45, 7) is 1.10. The van der Waals surface area contributed by atoms with Crippen LogP contribution >= 0.6 is 11.6 Å². The molecule has 2 aliphatic rings. The Morgan fingerprint density at radius 2 is 2.27 bits per heavy atom. The number of nitrogens with two attached hydrogens (primary N) is 1. The van der Waals surface area contributed by atoms with Crippen molar-refractivity contribution in [2.75, 3.05) is 18.5 Å². The Kier molecular flexibility index (Phi) is 1.83. The van der Waals surface area contributed by atoms with Crippen LogP contribution in [0.15, 0.2) is 18.2 Å². The molecule has 1 fully saturated rings. The molecule has 1 aliphatic carbocycles. The van der Waals surface area contributed by atoms with Gasteiger partial charge in [0.2, 0.25) is 0 Å². The Morgan fingerprint density at radius 3 is 2.93 bits per heavy atom. The highest BCUT2D eigenvalue weighted by Gasteiger charge is 2.55. The molecule has 1 spiro atoms. The maximum Gasteiger partial charge on any atom is 0.0410 e. The number of hydrogen-bond donors (Lipinski definition) is 1. The van der Waals surface area contributed by atoms with Gasteiger partial charge in [-0.1, -0.05) is 11.6 Å². The molecule has 80 valence electrons. The Labute approximate surface area is 95.0 Å². The molecule has 2 N–H and O–H groups in total. The predicted octanol–water partition coefficient (Wildman–Crippen LogP) is 2.15. The standard InChI is InChI=1S/C12H15ClN2/c1-15-5-4-12(7-11(12)14)9-6-8(13)2-3-10(9)15/h2-3,6,11H,4-5,7,14H2,1H3. The normalized spacial score (nSPS) is 33.0. The molecule has 0 aromatic heterocycles. The SMILES string of the molecule is CN1CCC2(CC2N)c2cc(Cl)ccc21. The highest BCUT2D eigenvalue weighted by Crippen LogP contribution is 2.55. The van der Waals surface area contributed by atoms with E-state index < -0.39 is 0 Å². The van der Waals surface area contributed by atoms with E-state index in [4.69, 9.17) is 17.3 Å². The largest absolute Gasteiger partial charge is 0.374 e. The third-order valence-electron chi connectivity index (χ3n) is 3.93. The average Bonchev–Trinajstić information content (AvgIpc) is 2.85. The molecule has 3 heteroatoms. The molecule has 2 atom stereocenters. The molecule has 2 unspecified atom stereocenters. The van der Waals surface area contributed by atoms with Crippen LogP contribution in [0.2, 0.25) is 5.02 Å². The summed E-state index contributed by atoms with van der Waals surface area (Å²) in [6, 6.07) is 6.51. The van der Waals surface area contributed by atoms with Crippen molar-refractivity contribution >= 4 is 17.3 Å². The zero-order chi connectivity index (χ0) is 10.6. The van der Waals surface area contributed by atoms with Gasteiger partial charge in [0.15, 0.2) is 0 Å². The van der Waals surface area contributed by atoms with E-state index >= 15 is 0 Å². The van der Waals surface area contributed by atoms with Crippen LogP contribution in [0.3, 0.4) is 0 Å². The number of hydrogen-bond acceptors (Lipinski definition) is 2. The minimum Gasteiger partial charge on any atom is -0.374 e. The second-order valence-corrected chi connectivity index (χ2v) is 5.24. The van der Waals surface area contributed by atoms with Crippen molar-refractivity contribution in [1.82, 2.24) is 0 Å². The Hall–Kier alpha value is -0.730. The molecule has 1 aromatic carbocycles. The lowest BCUT2D eigenvalue weighted by molar-refractivity contribution is 0.565. The fourth-order valence-corrected chi connectivity index (χ4v) is 2.97. The smallest absolute Gasteiger partial charge is 0.0410 e. The van der Waals surface area contributed by atoms with Gasteiger partial charge in [0.25, 0.3) is 0 Å². The summed E-state index contributed by atoms with van der Waals surface area (Å²) in [6.07, 6.45) is 2.28. The van der Waals surface area contributed by atoms with Crippen LogP contribution in [0.1, 0.15) is 18.4 Å². The van der Waals surface area contributed by atoms with Gasteiger partial charge in [-0.15, -0.1) is 0 Å². The van der Waals surface area contributed by atoms with Crippen LogP contribution in [-0.4, -0.2) is 19.6 Å². The first-order valence-electron chi connectivity index (χ1n) is 5.40. The summed E-state index contributed by atoms with van der Waals surface area (Å²) >= 11 is 6.07. The minimum absolute atomic E-state index is 0.243. The maximum absolute atomic E-state index is 6.08. The third-order valence-corrected chi connectivity index (χ3v) is 4.17. The molecular formula is C12H15ClN2. The Morgan fingerprint density at radius 1 is 1.53 bits per heavy atom. The highest BCUT2D eigenvalue weighted by molar-refractivity contribution is 6.30. The van der Waals surface area contributed by atoms with Crippen molar-refractivity contribution in [1.29, 1.82) is 0 Å². The molecule has 0 amide bonds. The average molecular weight is 223 g/mol. The minimum atomic E-state index is 0.243. The predicted molar refractivity (Wildman–Crippen MR) is 63.6 cm³/mol. The topological polar surface area (TPSA) is 29.3 Å². The Bertz CT molecular complexity index is 418. The molecule has 2 nitrogen and oxygen atoms in total. The zero-order valence-electron chi connectivity index (χ0n) is 8.83.